The molecule has 0 aromatic rings. The Bertz CT molecular complexity index is 343. The minimum absolute atomic E-state index is 0.00974. The highest BCUT2D eigenvalue weighted by Gasteiger charge is 2.09. The molecule has 0 aliphatic rings. The van der Waals surface area contributed by atoms with Crippen LogP contribution in [0.25, 0.3) is 0 Å². The molecule has 0 unspecified atom stereocenters. The monoisotopic (exact) mass is 410 g/mol. The Balaban J connectivity index is 3.17. The summed E-state index contributed by atoms with van der Waals surface area (Å²) in [4.78, 5) is 11.7. The van der Waals surface area contributed by atoms with E-state index in [4.69, 9.17) is 4.74 Å². The van der Waals surface area contributed by atoms with Gasteiger partial charge in [0.25, 0.3) is 0 Å². The molecule has 0 spiro atoms. The van der Waals surface area contributed by atoms with Gasteiger partial charge in [0.15, 0.2) is 0 Å². The first-order valence-corrected chi connectivity index (χ1v) is 13.1. The summed E-state index contributed by atoms with van der Waals surface area (Å²) in [6, 6.07) is 0. The molecule has 0 bridgehead atoms. The summed E-state index contributed by atoms with van der Waals surface area (Å²) in [5, 5.41) is 0. The van der Waals surface area contributed by atoms with Crippen molar-refractivity contribution in [1.29, 1.82) is 0 Å². The Morgan fingerprint density at radius 3 is 1.45 bits per heavy atom. The lowest BCUT2D eigenvalue weighted by Crippen LogP contribution is -2.07. The molecule has 174 valence electrons. The summed E-state index contributed by atoms with van der Waals surface area (Å²) >= 11 is 0. The van der Waals surface area contributed by atoms with E-state index in [1.54, 1.807) is 0 Å². The molecule has 0 N–H and O–H groups in total. The molecule has 0 fully saturated rings. The molecule has 0 aliphatic carbocycles. The summed E-state index contributed by atoms with van der Waals surface area (Å²) in [7, 11) is 0. The lowest BCUT2D eigenvalue weighted by Gasteiger charge is -2.17. The summed E-state index contributed by atoms with van der Waals surface area (Å²) in [5.41, 5.74) is 0.421. The maximum Gasteiger partial charge on any atom is 0.305 e. The zero-order valence-electron chi connectivity index (χ0n) is 20.7. The molecule has 0 radical (unpaired) electrons. The van der Waals surface area contributed by atoms with E-state index in [0.717, 1.165) is 12.8 Å². The van der Waals surface area contributed by atoms with E-state index in [1.165, 1.54) is 109 Å². The molecular weight excluding hydrogens is 356 g/mol. The van der Waals surface area contributed by atoms with Crippen LogP contribution < -0.4 is 0 Å². The normalized spacial score (nSPS) is 11.7. The van der Waals surface area contributed by atoms with Crippen LogP contribution in [0.1, 0.15) is 156 Å². The molecule has 0 saturated carbocycles. The van der Waals surface area contributed by atoms with Gasteiger partial charge >= 0.3 is 5.97 Å². The van der Waals surface area contributed by atoms with Crippen molar-refractivity contribution >= 4 is 5.97 Å². The number of esters is 1. The number of rotatable bonds is 21. The van der Waals surface area contributed by atoms with E-state index in [0.29, 0.717) is 18.4 Å². The smallest absolute Gasteiger partial charge is 0.305 e. The van der Waals surface area contributed by atoms with Gasteiger partial charge in [-0.1, -0.05) is 130 Å². The third-order valence-corrected chi connectivity index (χ3v) is 5.82. The van der Waals surface area contributed by atoms with Crippen molar-refractivity contribution in [3.63, 3.8) is 0 Å². The molecule has 0 saturated heterocycles. The molecule has 0 amide bonds. The third kappa shape index (κ3) is 25.4. The quantitative estimate of drug-likeness (QED) is 0.139. The Labute approximate surface area is 184 Å². The lowest BCUT2D eigenvalue weighted by atomic mass is 9.89. The predicted molar refractivity (Wildman–Crippen MR) is 128 cm³/mol. The second kappa shape index (κ2) is 20.7. The first-order chi connectivity index (χ1) is 14.0. The molecule has 0 atom stereocenters. The van der Waals surface area contributed by atoms with Crippen LogP contribution in [0, 0.1) is 5.41 Å². The van der Waals surface area contributed by atoms with Gasteiger partial charge in [0.2, 0.25) is 0 Å². The highest BCUT2D eigenvalue weighted by molar-refractivity contribution is 5.69. The van der Waals surface area contributed by atoms with Gasteiger partial charge in [-0.3, -0.25) is 4.79 Å². The average molecular weight is 411 g/mol. The first-order valence-electron chi connectivity index (χ1n) is 13.1. The highest BCUT2D eigenvalue weighted by Crippen LogP contribution is 2.22. The number of unbranched alkanes of at least 4 members (excludes halogenated alkanes) is 16. The fraction of sp³-hybridized carbons (Fsp3) is 0.963. The Kier molecular flexibility index (Phi) is 20.4. The van der Waals surface area contributed by atoms with Gasteiger partial charge < -0.3 is 4.74 Å². The third-order valence-electron chi connectivity index (χ3n) is 5.82. The van der Waals surface area contributed by atoms with Crippen LogP contribution in [0.4, 0.5) is 0 Å². The minimum atomic E-state index is 0.00974. The maximum absolute atomic E-state index is 11.7. The Hall–Kier alpha value is -0.530. The largest absolute Gasteiger partial charge is 0.466 e. The fourth-order valence-corrected chi connectivity index (χ4v) is 3.83. The van der Waals surface area contributed by atoms with E-state index >= 15 is 0 Å². The lowest BCUT2D eigenvalue weighted by molar-refractivity contribution is -0.143. The molecule has 0 aliphatic heterocycles. The molecular formula is C27H54O2. The predicted octanol–water partition coefficient (Wildman–Crippen LogP) is 9.40. The van der Waals surface area contributed by atoms with Crippen LogP contribution in [0.2, 0.25) is 0 Å². The zero-order valence-corrected chi connectivity index (χ0v) is 20.7. The standard InChI is InChI=1S/C27H54O2/c1-5-6-7-8-9-10-11-12-13-14-15-16-17-18-20-23-26(28)29-25-22-19-21-24-27(2,3)4/h5-25H2,1-4H3. The molecule has 29 heavy (non-hydrogen) atoms. The number of carbonyl (C=O) groups is 1. The average Bonchev–Trinajstić information content (AvgIpc) is 2.66. The van der Waals surface area contributed by atoms with E-state index in [-0.39, 0.29) is 5.97 Å². The van der Waals surface area contributed by atoms with Crippen LogP contribution in [0.15, 0.2) is 0 Å². The molecule has 0 rings (SSSR count). The van der Waals surface area contributed by atoms with Crippen molar-refractivity contribution in [2.45, 2.75) is 156 Å². The van der Waals surface area contributed by atoms with Gasteiger partial charge in [0.05, 0.1) is 6.61 Å². The minimum Gasteiger partial charge on any atom is -0.466 e. The van der Waals surface area contributed by atoms with Crippen molar-refractivity contribution in [3.8, 4) is 0 Å². The summed E-state index contributed by atoms with van der Waals surface area (Å²) < 4.78 is 5.35. The fourth-order valence-electron chi connectivity index (χ4n) is 3.83. The van der Waals surface area contributed by atoms with Gasteiger partial charge in [-0.15, -0.1) is 0 Å². The second-order valence-electron chi connectivity index (χ2n) is 10.3. The van der Waals surface area contributed by atoms with Crippen LogP contribution in [-0.4, -0.2) is 12.6 Å². The van der Waals surface area contributed by atoms with Gasteiger partial charge in [0.1, 0.15) is 0 Å². The number of hydrogen-bond acceptors (Lipinski definition) is 2. The molecule has 2 heteroatoms. The second-order valence-corrected chi connectivity index (χ2v) is 10.3. The van der Waals surface area contributed by atoms with E-state index in [1.807, 2.05) is 0 Å². The van der Waals surface area contributed by atoms with Crippen molar-refractivity contribution in [3.05, 3.63) is 0 Å². The number of hydrogen-bond donors (Lipinski definition) is 0. The van der Waals surface area contributed by atoms with Crippen molar-refractivity contribution in [1.82, 2.24) is 0 Å². The molecule has 0 heterocycles. The van der Waals surface area contributed by atoms with Crippen molar-refractivity contribution in [2.24, 2.45) is 5.41 Å². The van der Waals surface area contributed by atoms with Crippen molar-refractivity contribution < 1.29 is 9.53 Å². The van der Waals surface area contributed by atoms with E-state index in [9.17, 15) is 4.79 Å². The SMILES string of the molecule is CCCCCCCCCCCCCCCCCC(=O)OCCCCCC(C)(C)C. The number of ether oxygens (including phenoxy) is 1. The Morgan fingerprint density at radius 1 is 0.586 bits per heavy atom. The summed E-state index contributed by atoms with van der Waals surface area (Å²) in [5.74, 6) is 0.00974. The maximum atomic E-state index is 11.7. The van der Waals surface area contributed by atoms with Gasteiger partial charge in [-0.05, 0) is 24.7 Å². The van der Waals surface area contributed by atoms with E-state index < -0.39 is 0 Å². The Morgan fingerprint density at radius 2 is 1.00 bits per heavy atom. The first kappa shape index (κ1) is 28.5. The zero-order chi connectivity index (χ0) is 21.6. The highest BCUT2D eigenvalue weighted by atomic mass is 16.5. The van der Waals surface area contributed by atoms with Crippen molar-refractivity contribution in [2.75, 3.05) is 6.61 Å². The van der Waals surface area contributed by atoms with Crippen LogP contribution in [0.3, 0.4) is 0 Å². The van der Waals surface area contributed by atoms with E-state index in [2.05, 4.69) is 27.7 Å². The van der Waals surface area contributed by atoms with Gasteiger partial charge in [-0.2, -0.15) is 0 Å². The topological polar surface area (TPSA) is 26.3 Å². The molecule has 0 aromatic heterocycles. The summed E-state index contributed by atoms with van der Waals surface area (Å²) in [6.07, 6.45) is 25.6. The molecule has 0 aromatic carbocycles. The van der Waals surface area contributed by atoms with Crippen LogP contribution in [0.5, 0.6) is 0 Å². The number of carbonyl (C=O) groups excluding carboxylic acids is 1. The van der Waals surface area contributed by atoms with Crippen LogP contribution >= 0.6 is 0 Å². The van der Waals surface area contributed by atoms with Crippen LogP contribution in [-0.2, 0) is 9.53 Å². The van der Waals surface area contributed by atoms with Gasteiger partial charge in [-0.25, -0.2) is 0 Å². The molecule has 2 nitrogen and oxygen atoms in total. The van der Waals surface area contributed by atoms with Gasteiger partial charge in [0, 0.05) is 6.42 Å². The summed E-state index contributed by atoms with van der Waals surface area (Å²) in [6.45, 7) is 9.74.